The molecule has 0 saturated carbocycles. The SMILES string of the molecule is CC(C)(NC(=O)Nc1ccc2c(n1)C(=O)N(C1CCC(=O)NC1=O)C2=O)c1nc2c(Cl)cc(Cl)cc2s1. The maximum absolute atomic E-state index is 12.9. The third-order valence-corrected chi connectivity index (χ3v) is 7.74. The number of nitrogens with one attached hydrogen (secondary N) is 3. The molecule has 37 heavy (non-hydrogen) atoms. The molecule has 0 radical (unpaired) electrons. The van der Waals surface area contributed by atoms with Crippen LogP contribution in [0.15, 0.2) is 24.3 Å². The number of nitrogens with zero attached hydrogens (tertiary/aromatic N) is 3. The number of urea groups is 1. The van der Waals surface area contributed by atoms with Gasteiger partial charge in [0.25, 0.3) is 11.8 Å². The summed E-state index contributed by atoms with van der Waals surface area (Å²) in [5.41, 5.74) is -0.518. The topological polar surface area (TPSA) is 150 Å². The van der Waals surface area contributed by atoms with Crippen molar-refractivity contribution >= 4 is 80.2 Å². The summed E-state index contributed by atoms with van der Waals surface area (Å²) in [7, 11) is 0. The van der Waals surface area contributed by atoms with E-state index in [4.69, 9.17) is 23.2 Å². The van der Waals surface area contributed by atoms with Crippen molar-refractivity contribution in [3.63, 3.8) is 0 Å². The molecule has 190 valence electrons. The van der Waals surface area contributed by atoms with Crippen LogP contribution in [-0.2, 0) is 15.1 Å². The molecule has 1 fully saturated rings. The fraction of sp³-hybridized carbons (Fsp3) is 0.261. The van der Waals surface area contributed by atoms with Crippen molar-refractivity contribution < 1.29 is 24.0 Å². The van der Waals surface area contributed by atoms with Gasteiger partial charge in [0.2, 0.25) is 11.8 Å². The van der Waals surface area contributed by atoms with Crippen LogP contribution in [-0.4, -0.2) is 50.6 Å². The zero-order chi connectivity index (χ0) is 26.6. The molecule has 1 aromatic carbocycles. The van der Waals surface area contributed by atoms with Gasteiger partial charge in [-0.25, -0.2) is 14.8 Å². The van der Waals surface area contributed by atoms with Gasteiger partial charge in [0.1, 0.15) is 28.1 Å². The maximum Gasteiger partial charge on any atom is 0.321 e. The number of halogens is 2. The number of aromatic nitrogens is 2. The van der Waals surface area contributed by atoms with Crippen molar-refractivity contribution in [1.29, 1.82) is 0 Å². The first-order chi connectivity index (χ1) is 17.4. The summed E-state index contributed by atoms with van der Waals surface area (Å²) in [6.07, 6.45) is 0.0375. The van der Waals surface area contributed by atoms with E-state index in [1.165, 1.54) is 23.5 Å². The lowest BCUT2D eigenvalue weighted by Crippen LogP contribution is -2.54. The van der Waals surface area contributed by atoms with Crippen molar-refractivity contribution in [3.05, 3.63) is 50.6 Å². The molecule has 0 aliphatic carbocycles. The summed E-state index contributed by atoms with van der Waals surface area (Å²) in [6.45, 7) is 3.52. The lowest BCUT2D eigenvalue weighted by Gasteiger charge is -2.27. The number of carbonyl (C=O) groups is 5. The smallest absolute Gasteiger partial charge is 0.321 e. The molecule has 5 rings (SSSR count). The number of hydrogen-bond acceptors (Lipinski definition) is 8. The fourth-order valence-electron chi connectivity index (χ4n) is 4.12. The lowest BCUT2D eigenvalue weighted by molar-refractivity contribution is -0.136. The molecule has 3 N–H and O–H groups in total. The van der Waals surface area contributed by atoms with Crippen LogP contribution in [0.5, 0.6) is 0 Å². The number of fused-ring (bicyclic) bond motifs is 2. The zero-order valence-electron chi connectivity index (χ0n) is 19.3. The summed E-state index contributed by atoms with van der Waals surface area (Å²) >= 11 is 13.6. The average molecular weight is 561 g/mol. The minimum atomic E-state index is -1.11. The molecule has 2 aromatic heterocycles. The van der Waals surface area contributed by atoms with Crippen LogP contribution in [0.3, 0.4) is 0 Å². The van der Waals surface area contributed by atoms with Crippen molar-refractivity contribution in [2.24, 2.45) is 0 Å². The number of benzene rings is 1. The number of imide groups is 2. The minimum Gasteiger partial charge on any atom is -0.326 e. The van der Waals surface area contributed by atoms with Crippen LogP contribution >= 0.6 is 34.5 Å². The Hall–Kier alpha value is -3.61. The standard InChI is InChI=1S/C23H18Cl2N6O5S/c1-23(2,21-29-17-11(25)7-9(24)8-13(17)37-21)30-22(36)27-14-5-3-10-16(26-14)20(35)31(19(10)34)12-4-6-15(32)28-18(12)33/h3,5,7-8,12H,4,6H2,1-2H3,(H,28,32,33)(H2,26,27,30,36). The van der Waals surface area contributed by atoms with E-state index in [-0.39, 0.29) is 29.9 Å². The van der Waals surface area contributed by atoms with E-state index in [1.807, 2.05) is 0 Å². The number of thiazole rings is 1. The number of piperidine rings is 1. The Morgan fingerprint density at radius 2 is 1.89 bits per heavy atom. The summed E-state index contributed by atoms with van der Waals surface area (Å²) in [4.78, 5) is 71.7. The van der Waals surface area contributed by atoms with Gasteiger partial charge in [0, 0.05) is 11.4 Å². The van der Waals surface area contributed by atoms with Gasteiger partial charge in [0.15, 0.2) is 0 Å². The van der Waals surface area contributed by atoms with Gasteiger partial charge in [-0.1, -0.05) is 23.2 Å². The molecule has 2 aliphatic rings. The molecule has 3 aromatic rings. The van der Waals surface area contributed by atoms with Gasteiger partial charge < -0.3 is 5.32 Å². The monoisotopic (exact) mass is 560 g/mol. The third-order valence-electron chi connectivity index (χ3n) is 5.90. The summed E-state index contributed by atoms with van der Waals surface area (Å²) in [5.74, 6) is -2.62. The van der Waals surface area contributed by atoms with Crippen LogP contribution < -0.4 is 16.0 Å². The Balaban J connectivity index is 1.32. The van der Waals surface area contributed by atoms with Gasteiger partial charge in [-0.3, -0.25) is 34.7 Å². The first kappa shape index (κ1) is 25.1. The molecule has 2 aliphatic heterocycles. The van der Waals surface area contributed by atoms with Crippen molar-refractivity contribution in [3.8, 4) is 0 Å². The quantitative estimate of drug-likeness (QED) is 0.413. The van der Waals surface area contributed by atoms with Crippen LogP contribution in [0.2, 0.25) is 10.0 Å². The van der Waals surface area contributed by atoms with E-state index >= 15 is 0 Å². The second kappa shape index (κ2) is 9.05. The Morgan fingerprint density at radius 1 is 1.14 bits per heavy atom. The number of carbonyl (C=O) groups excluding carboxylic acids is 5. The van der Waals surface area contributed by atoms with Gasteiger partial charge in [0.05, 0.1) is 20.8 Å². The average Bonchev–Trinajstić information content (AvgIpc) is 3.34. The number of hydrogen-bond donors (Lipinski definition) is 3. The number of pyridine rings is 1. The van der Waals surface area contributed by atoms with E-state index < -0.39 is 41.2 Å². The second-order valence-electron chi connectivity index (χ2n) is 9.00. The van der Waals surface area contributed by atoms with Crippen molar-refractivity contribution in [2.75, 3.05) is 5.32 Å². The Kier molecular flexibility index (Phi) is 6.13. The second-order valence-corrected chi connectivity index (χ2v) is 10.9. The van der Waals surface area contributed by atoms with Crippen molar-refractivity contribution in [2.45, 2.75) is 38.3 Å². The third kappa shape index (κ3) is 4.52. The van der Waals surface area contributed by atoms with Gasteiger partial charge >= 0.3 is 6.03 Å². The molecule has 0 spiro atoms. The Labute approximate surface area is 223 Å². The number of anilines is 1. The van der Waals surface area contributed by atoms with Crippen LogP contribution in [0.1, 0.15) is 52.5 Å². The van der Waals surface area contributed by atoms with Crippen LogP contribution in [0.4, 0.5) is 10.6 Å². The van der Waals surface area contributed by atoms with Gasteiger partial charge in [-0.2, -0.15) is 0 Å². The largest absolute Gasteiger partial charge is 0.326 e. The fourth-order valence-corrected chi connectivity index (χ4v) is 5.87. The maximum atomic E-state index is 12.9. The predicted octanol–water partition coefficient (Wildman–Crippen LogP) is 3.46. The van der Waals surface area contributed by atoms with Gasteiger partial charge in [-0.05, 0) is 44.5 Å². The van der Waals surface area contributed by atoms with E-state index in [0.29, 0.717) is 20.6 Å². The van der Waals surface area contributed by atoms with E-state index in [1.54, 1.807) is 26.0 Å². The number of rotatable bonds is 4. The normalized spacial score (nSPS) is 17.7. The zero-order valence-corrected chi connectivity index (χ0v) is 21.7. The Bertz CT molecular complexity index is 1540. The molecular formula is C23H18Cl2N6O5S. The molecule has 1 saturated heterocycles. The first-order valence-electron chi connectivity index (χ1n) is 11.0. The molecule has 4 heterocycles. The van der Waals surface area contributed by atoms with E-state index in [2.05, 4.69) is 25.9 Å². The summed E-state index contributed by atoms with van der Waals surface area (Å²) < 4.78 is 0.770. The predicted molar refractivity (Wildman–Crippen MR) is 136 cm³/mol. The molecule has 6 amide bonds. The van der Waals surface area contributed by atoms with E-state index in [0.717, 1.165) is 9.60 Å². The summed E-state index contributed by atoms with van der Waals surface area (Å²) in [5, 5.41) is 8.96. The van der Waals surface area contributed by atoms with Crippen LogP contribution in [0, 0.1) is 0 Å². The first-order valence-corrected chi connectivity index (χ1v) is 12.6. The molecule has 0 bridgehead atoms. The Morgan fingerprint density at radius 3 is 2.62 bits per heavy atom. The number of amides is 6. The highest BCUT2D eigenvalue weighted by Crippen LogP contribution is 2.35. The highest BCUT2D eigenvalue weighted by Gasteiger charge is 2.45. The molecule has 14 heteroatoms. The van der Waals surface area contributed by atoms with Crippen molar-refractivity contribution in [1.82, 2.24) is 25.5 Å². The van der Waals surface area contributed by atoms with Crippen LogP contribution in [0.25, 0.3) is 10.2 Å². The highest BCUT2D eigenvalue weighted by atomic mass is 35.5. The lowest BCUT2D eigenvalue weighted by atomic mass is 10.0. The summed E-state index contributed by atoms with van der Waals surface area (Å²) in [6, 6.07) is 4.34. The molecule has 1 unspecified atom stereocenters. The molecular weight excluding hydrogens is 543 g/mol. The highest BCUT2D eigenvalue weighted by molar-refractivity contribution is 7.18. The molecule has 1 atom stereocenters. The van der Waals surface area contributed by atoms with E-state index in [9.17, 15) is 24.0 Å². The minimum absolute atomic E-state index is 0.00556. The van der Waals surface area contributed by atoms with Gasteiger partial charge in [-0.15, -0.1) is 11.3 Å². The molecule has 11 nitrogen and oxygen atoms in total.